The lowest BCUT2D eigenvalue weighted by Gasteiger charge is -2.32. The summed E-state index contributed by atoms with van der Waals surface area (Å²) < 4.78 is 45.1. The molecule has 2 aromatic carbocycles. The smallest absolute Gasteiger partial charge is 0.409 e. The number of hydrogen-bond acceptors (Lipinski definition) is 3. The first-order chi connectivity index (χ1) is 13.5. The minimum Gasteiger partial charge on any atom is -0.481 e. The number of halogens is 3. The van der Waals surface area contributed by atoms with Crippen molar-refractivity contribution in [1.29, 1.82) is 0 Å². The highest BCUT2D eigenvalue weighted by Gasteiger charge is 2.54. The van der Waals surface area contributed by atoms with Gasteiger partial charge in [-0.2, -0.15) is 13.2 Å². The number of amides is 1. The average molecular weight is 407 g/mol. The molecule has 0 saturated heterocycles. The topological polar surface area (TPSA) is 75.6 Å². The minimum atomic E-state index is -4.95. The molecule has 1 atom stereocenters. The lowest BCUT2D eigenvalue weighted by Crippen LogP contribution is -2.57. The maximum atomic E-state index is 13.3. The maximum absolute atomic E-state index is 13.3. The van der Waals surface area contributed by atoms with Crippen molar-refractivity contribution >= 4 is 12.1 Å². The first-order valence-electron chi connectivity index (χ1n) is 8.95. The van der Waals surface area contributed by atoms with E-state index in [1.54, 1.807) is 5.32 Å². The second-order valence-electron chi connectivity index (χ2n) is 7.47. The number of alkyl carbamates (subject to hydrolysis) is 1. The normalized spacial score (nSPS) is 14.7. The Hall–Kier alpha value is -3.03. The van der Waals surface area contributed by atoms with Gasteiger partial charge in [-0.05, 0) is 36.1 Å². The third kappa shape index (κ3) is 3.92. The van der Waals surface area contributed by atoms with Crippen LogP contribution in [0.5, 0.6) is 0 Å². The van der Waals surface area contributed by atoms with E-state index >= 15 is 0 Å². The van der Waals surface area contributed by atoms with E-state index in [0.717, 1.165) is 36.1 Å². The minimum absolute atomic E-state index is 0.169. The van der Waals surface area contributed by atoms with E-state index in [1.807, 2.05) is 48.5 Å². The molecule has 2 N–H and O–H groups in total. The number of nitrogens with one attached hydrogen (secondary N) is 1. The Morgan fingerprint density at radius 2 is 1.52 bits per heavy atom. The Bertz CT molecular complexity index is 894. The Morgan fingerprint density at radius 1 is 1.03 bits per heavy atom. The van der Waals surface area contributed by atoms with Gasteiger partial charge in [0.15, 0.2) is 0 Å². The number of carbonyl (C=O) groups excluding carboxylic acids is 1. The van der Waals surface area contributed by atoms with E-state index in [4.69, 9.17) is 9.84 Å². The fraction of sp³-hybridized carbons (Fsp3) is 0.333. The molecule has 1 aliphatic rings. The van der Waals surface area contributed by atoms with Crippen LogP contribution in [0, 0.1) is 5.41 Å². The van der Waals surface area contributed by atoms with Crippen LogP contribution in [0.4, 0.5) is 18.0 Å². The van der Waals surface area contributed by atoms with Gasteiger partial charge in [0.2, 0.25) is 0 Å². The van der Waals surface area contributed by atoms with Crippen molar-refractivity contribution in [3.8, 4) is 11.1 Å². The monoisotopic (exact) mass is 407 g/mol. The predicted octanol–water partition coefficient (Wildman–Crippen LogP) is 4.57. The summed E-state index contributed by atoms with van der Waals surface area (Å²) in [5.41, 5.74) is 1.54. The second kappa shape index (κ2) is 7.42. The molecule has 0 fully saturated rings. The first-order valence-corrected chi connectivity index (χ1v) is 8.95. The first kappa shape index (κ1) is 20.7. The van der Waals surface area contributed by atoms with Gasteiger partial charge in [0.25, 0.3) is 0 Å². The van der Waals surface area contributed by atoms with Gasteiger partial charge in [0.1, 0.15) is 12.6 Å². The third-order valence-electron chi connectivity index (χ3n) is 5.21. The number of benzene rings is 2. The second-order valence-corrected chi connectivity index (χ2v) is 7.47. The Morgan fingerprint density at radius 3 is 1.97 bits per heavy atom. The van der Waals surface area contributed by atoms with Crippen LogP contribution in [0.1, 0.15) is 30.9 Å². The molecule has 5 nitrogen and oxygen atoms in total. The predicted molar refractivity (Wildman–Crippen MR) is 99.5 cm³/mol. The van der Waals surface area contributed by atoms with Crippen molar-refractivity contribution in [2.45, 2.75) is 32.0 Å². The van der Waals surface area contributed by atoms with Crippen LogP contribution in [0.15, 0.2) is 48.5 Å². The molecule has 0 unspecified atom stereocenters. The number of alkyl halides is 3. The van der Waals surface area contributed by atoms with Crippen LogP contribution in [-0.2, 0) is 9.53 Å². The van der Waals surface area contributed by atoms with Gasteiger partial charge in [0.05, 0.1) is 5.41 Å². The van der Waals surface area contributed by atoms with Gasteiger partial charge in [0, 0.05) is 5.92 Å². The van der Waals surface area contributed by atoms with Crippen LogP contribution in [0.25, 0.3) is 11.1 Å². The molecule has 1 amide bonds. The highest BCUT2D eigenvalue weighted by molar-refractivity contribution is 5.79. The van der Waals surface area contributed by atoms with Gasteiger partial charge in [-0.1, -0.05) is 48.5 Å². The fourth-order valence-electron chi connectivity index (χ4n) is 3.55. The number of fused-ring (bicyclic) bond motifs is 3. The molecule has 0 saturated carbocycles. The van der Waals surface area contributed by atoms with Crippen molar-refractivity contribution in [3.63, 3.8) is 0 Å². The van der Waals surface area contributed by atoms with Crippen molar-refractivity contribution in [3.05, 3.63) is 59.7 Å². The molecule has 1 aliphatic carbocycles. The van der Waals surface area contributed by atoms with E-state index in [1.165, 1.54) is 0 Å². The summed E-state index contributed by atoms with van der Waals surface area (Å²) in [5.74, 6) is -2.00. The number of carbonyl (C=O) groups is 2. The van der Waals surface area contributed by atoms with Gasteiger partial charge < -0.3 is 15.2 Å². The summed E-state index contributed by atoms with van der Waals surface area (Å²) in [6.45, 7) is 1.63. The Kier molecular flexibility index (Phi) is 5.30. The van der Waals surface area contributed by atoms with Crippen molar-refractivity contribution < 1.29 is 32.6 Å². The fourth-order valence-corrected chi connectivity index (χ4v) is 3.55. The molecular formula is C21H20F3NO4. The van der Waals surface area contributed by atoms with E-state index in [0.29, 0.717) is 0 Å². The van der Waals surface area contributed by atoms with Gasteiger partial charge in [-0.15, -0.1) is 0 Å². The highest BCUT2D eigenvalue weighted by atomic mass is 19.4. The number of rotatable bonds is 5. The average Bonchev–Trinajstić information content (AvgIpc) is 2.97. The number of ether oxygens (including phenoxy) is 1. The molecule has 3 rings (SSSR count). The molecule has 29 heavy (non-hydrogen) atoms. The molecule has 0 aromatic heterocycles. The van der Waals surface area contributed by atoms with Crippen LogP contribution < -0.4 is 5.32 Å². The molecular weight excluding hydrogens is 387 g/mol. The number of aliphatic carboxylic acids is 1. The number of hydrogen-bond donors (Lipinski definition) is 2. The highest BCUT2D eigenvalue weighted by Crippen LogP contribution is 2.44. The van der Waals surface area contributed by atoms with Crippen LogP contribution in [0.3, 0.4) is 0 Å². The summed E-state index contributed by atoms with van der Waals surface area (Å²) in [7, 11) is 0. The molecule has 2 aromatic rings. The molecule has 8 heteroatoms. The van der Waals surface area contributed by atoms with Crippen molar-refractivity contribution in [1.82, 2.24) is 5.32 Å². The standard InChI is InChI=1S/C21H20F3NO4/c1-20(2,18(26)27)17(21(22,23)24)25-19(28)29-11-16-14-9-5-3-7-12(14)13-8-4-6-10-15(13)16/h3-10,16-17H,11H2,1-2H3,(H,25,28)(H,26,27)/t17-/m1/s1. The Labute approximate surface area is 165 Å². The zero-order valence-electron chi connectivity index (χ0n) is 15.8. The van der Waals surface area contributed by atoms with Crippen LogP contribution in [-0.4, -0.2) is 36.0 Å². The molecule has 0 heterocycles. The summed E-state index contributed by atoms with van der Waals surface area (Å²) >= 11 is 0. The van der Waals surface area contributed by atoms with Crippen molar-refractivity contribution in [2.75, 3.05) is 6.61 Å². The zero-order valence-corrected chi connectivity index (χ0v) is 15.8. The third-order valence-corrected chi connectivity index (χ3v) is 5.21. The lowest BCUT2D eigenvalue weighted by atomic mass is 9.84. The summed E-state index contributed by atoms with van der Waals surface area (Å²) in [4.78, 5) is 23.4. The molecule has 154 valence electrons. The van der Waals surface area contributed by atoms with Gasteiger partial charge in [-0.3, -0.25) is 4.79 Å². The van der Waals surface area contributed by atoms with Gasteiger partial charge in [-0.25, -0.2) is 4.79 Å². The van der Waals surface area contributed by atoms with Gasteiger partial charge >= 0.3 is 18.2 Å². The van der Waals surface area contributed by atoms with Crippen molar-refractivity contribution in [2.24, 2.45) is 5.41 Å². The van der Waals surface area contributed by atoms with E-state index in [2.05, 4.69) is 0 Å². The summed E-state index contributed by atoms with van der Waals surface area (Å²) in [5, 5.41) is 10.8. The van der Waals surface area contributed by atoms with E-state index < -0.39 is 29.7 Å². The van der Waals surface area contributed by atoms with E-state index in [-0.39, 0.29) is 12.5 Å². The largest absolute Gasteiger partial charge is 0.481 e. The van der Waals surface area contributed by atoms with Crippen LogP contribution in [0.2, 0.25) is 0 Å². The molecule has 0 aliphatic heterocycles. The lowest BCUT2D eigenvalue weighted by molar-refractivity contribution is -0.190. The van der Waals surface area contributed by atoms with Crippen LogP contribution >= 0.6 is 0 Å². The number of carboxylic acids is 1. The zero-order chi connectivity index (χ0) is 21.4. The number of carboxylic acid groups (broad SMARTS) is 1. The molecule has 0 spiro atoms. The molecule has 0 radical (unpaired) electrons. The maximum Gasteiger partial charge on any atom is 0.409 e. The summed E-state index contributed by atoms with van der Waals surface area (Å²) in [6, 6.07) is 12.5. The Balaban J connectivity index is 1.76. The molecule has 0 bridgehead atoms. The van der Waals surface area contributed by atoms with E-state index in [9.17, 15) is 22.8 Å². The SMILES string of the molecule is CC(C)(C(=O)O)[C@@H](NC(=O)OCC1c2ccccc2-c2ccccc21)C(F)(F)F. The summed E-state index contributed by atoms with van der Waals surface area (Å²) in [6.07, 6.45) is -6.27. The quantitative estimate of drug-likeness (QED) is 0.762.